The molecule has 18 aromatic carbocycles. The van der Waals surface area contributed by atoms with Gasteiger partial charge in [-0.2, -0.15) is 0 Å². The molecule has 8 nitrogen and oxygen atoms in total. The number of fused-ring (bicyclic) bond motifs is 10. The minimum atomic E-state index is 0.928. The lowest BCUT2D eigenvalue weighted by Gasteiger charge is -2.29. The lowest BCUT2D eigenvalue weighted by Crippen LogP contribution is -2.11. The van der Waals surface area contributed by atoms with Crippen LogP contribution in [0, 0.1) is 0 Å². The molecule has 600 valence electrons. The topological polar surface area (TPSA) is 67.9 Å². The third-order valence-corrected chi connectivity index (χ3v) is 25.0. The van der Waals surface area contributed by atoms with Crippen LogP contribution in [-0.2, 0) is 0 Å². The summed E-state index contributed by atoms with van der Waals surface area (Å²) in [6.45, 7) is 0. The van der Waals surface area contributed by atoms with Crippen LogP contribution >= 0.6 is 0 Å². The number of hydrogen-bond acceptors (Lipinski definition) is 6. The van der Waals surface area contributed by atoms with E-state index in [1.54, 1.807) is 0 Å². The van der Waals surface area contributed by atoms with E-state index in [9.17, 15) is 0 Å². The van der Waals surface area contributed by atoms with Crippen LogP contribution < -0.4 is 9.80 Å². The third kappa shape index (κ3) is 13.3. The zero-order valence-corrected chi connectivity index (χ0v) is 69.8. The highest BCUT2D eigenvalue weighted by Gasteiger charge is 2.29. The van der Waals surface area contributed by atoms with Gasteiger partial charge in [0, 0.05) is 119 Å². The normalized spacial score (nSPS) is 11.4. The summed E-state index contributed by atoms with van der Waals surface area (Å²) in [7, 11) is 0. The van der Waals surface area contributed by atoms with Gasteiger partial charge in [0.15, 0.2) is 0 Å². The zero-order chi connectivity index (χ0) is 84.8. The molecule has 6 heterocycles. The molecule has 0 atom stereocenters. The molecular weight excluding hydrogens is 1550 g/mol. The summed E-state index contributed by atoms with van der Waals surface area (Å²) < 4.78 is 4.75. The molecule has 24 rings (SSSR count). The Bertz CT molecular complexity index is 8190. The molecule has 0 unspecified atom stereocenters. The monoisotopic (exact) mass is 1630 g/mol. The van der Waals surface area contributed by atoms with E-state index in [2.05, 4.69) is 456 Å². The summed E-state index contributed by atoms with van der Waals surface area (Å²) in [5.74, 6) is 0. The minimum absolute atomic E-state index is 0.928. The van der Waals surface area contributed by atoms with Crippen molar-refractivity contribution in [2.75, 3.05) is 9.80 Å². The molecule has 0 amide bonds. The Kier molecular flexibility index (Phi) is 19.5. The fourth-order valence-corrected chi connectivity index (χ4v) is 19.6. The summed E-state index contributed by atoms with van der Waals surface area (Å²) in [6.07, 6.45) is 7.52. The van der Waals surface area contributed by atoms with Gasteiger partial charge >= 0.3 is 0 Å². The smallest absolute Gasteiger partial charge is 0.0708 e. The van der Waals surface area contributed by atoms with Crippen LogP contribution in [0.3, 0.4) is 0 Å². The van der Waals surface area contributed by atoms with Crippen molar-refractivity contribution < 1.29 is 0 Å². The van der Waals surface area contributed by atoms with Crippen molar-refractivity contribution in [3.05, 3.63) is 486 Å². The van der Waals surface area contributed by atoms with Crippen molar-refractivity contribution in [2.24, 2.45) is 0 Å². The van der Waals surface area contributed by atoms with Gasteiger partial charge < -0.3 is 18.9 Å². The van der Waals surface area contributed by atoms with E-state index in [0.717, 1.165) is 151 Å². The number of aromatic nitrogens is 6. The largest absolute Gasteiger partial charge is 0.310 e. The van der Waals surface area contributed by atoms with Crippen LogP contribution in [0.2, 0.25) is 0 Å². The van der Waals surface area contributed by atoms with Crippen LogP contribution in [0.15, 0.2) is 486 Å². The molecule has 0 aliphatic heterocycles. The van der Waals surface area contributed by atoms with Crippen LogP contribution in [0.4, 0.5) is 34.1 Å². The molecular formula is C120H80N8. The van der Waals surface area contributed by atoms with E-state index < -0.39 is 0 Å². The summed E-state index contributed by atoms with van der Waals surface area (Å²) in [5, 5.41) is 14.1. The van der Waals surface area contributed by atoms with Gasteiger partial charge in [0.2, 0.25) is 0 Å². The van der Waals surface area contributed by atoms with Gasteiger partial charge in [0.25, 0.3) is 0 Å². The van der Waals surface area contributed by atoms with Gasteiger partial charge in [-0.3, -0.25) is 19.9 Å². The highest BCUT2D eigenvalue weighted by molar-refractivity contribution is 6.28. The molecule has 6 aromatic heterocycles. The molecule has 128 heavy (non-hydrogen) atoms. The fraction of sp³-hybridized carbons (Fsp3) is 0. The van der Waals surface area contributed by atoms with Crippen LogP contribution in [-0.4, -0.2) is 29.1 Å². The first kappa shape index (κ1) is 75.7. The second-order valence-electron chi connectivity index (χ2n) is 32.2. The third-order valence-electron chi connectivity index (χ3n) is 25.0. The van der Waals surface area contributed by atoms with E-state index in [0.29, 0.717) is 0 Å². The molecule has 0 saturated carbocycles. The quantitative estimate of drug-likeness (QED) is 0.0898. The molecule has 0 N–H and O–H groups in total. The maximum Gasteiger partial charge on any atom is 0.0708 e. The zero-order valence-electron chi connectivity index (χ0n) is 69.8. The summed E-state index contributed by atoms with van der Waals surface area (Å²) in [5.41, 5.74) is 30.6. The minimum Gasteiger partial charge on any atom is -0.310 e. The first-order valence-electron chi connectivity index (χ1n) is 43.5. The number of anilines is 6. The maximum absolute atomic E-state index is 4.92. The molecule has 0 spiro atoms. The second kappa shape index (κ2) is 32.9. The van der Waals surface area contributed by atoms with Gasteiger partial charge in [0.1, 0.15) is 0 Å². The highest BCUT2D eigenvalue weighted by Crippen LogP contribution is 2.55. The molecule has 0 bridgehead atoms. The number of nitrogens with zero attached hydrogens (tertiary/aromatic N) is 8. The highest BCUT2D eigenvalue weighted by atomic mass is 15.2. The molecule has 24 aromatic rings. The van der Waals surface area contributed by atoms with Crippen molar-refractivity contribution in [1.82, 2.24) is 29.1 Å². The standard InChI is InChI=1S/2C60H40N4/c1-3-20-41(21-4-1)63(43-36-37-56-52(40-43)46-26-13-14-34-55(46)64(56)42-22-5-2-6-23-42)57-35-19-31-51-58(47-27-9-7-24-44(47)53-32-15-17-38-61-53)49-29-11-12-30-50(49)59(60(51)57)48-28-10-8-25-45(48)54-33-16-18-39-62-54;1-3-19-41(20-4-1)63(44-34-36-58-53(39-44)47-25-13-14-32-57(47)64(58)42-21-5-2-6-22-42)43-33-35-52-54(40-43)60(49-27-10-8-24-46(49)56-31-16-18-38-62-56)51-29-12-11-28-50(51)59(52)48-26-9-7-23-45(48)55-30-15-17-37-61-55/h2*1-40H. The second-order valence-corrected chi connectivity index (χ2v) is 32.2. The van der Waals surface area contributed by atoms with E-state index in [-0.39, 0.29) is 0 Å². The van der Waals surface area contributed by atoms with E-state index in [1.165, 1.54) is 70.9 Å². The lowest BCUT2D eigenvalue weighted by molar-refractivity contribution is 1.18. The Labute approximate surface area is 741 Å². The van der Waals surface area contributed by atoms with Crippen molar-refractivity contribution in [3.8, 4) is 101 Å². The first-order chi connectivity index (χ1) is 63.6. The Balaban J connectivity index is 0.000000146. The van der Waals surface area contributed by atoms with E-state index in [1.807, 2.05) is 49.1 Å². The lowest BCUT2D eigenvalue weighted by atomic mass is 9.82. The summed E-state index contributed by atoms with van der Waals surface area (Å²) >= 11 is 0. The molecule has 0 fully saturated rings. The number of rotatable bonds is 16. The van der Waals surface area contributed by atoms with Gasteiger partial charge in [-0.15, -0.1) is 0 Å². The number of pyridine rings is 4. The SMILES string of the molecule is c1ccc(N(c2ccc3c(-c4ccccc4-c4ccccn4)c4ccccc4c(-c4ccccc4-c4ccccn4)c3c2)c2ccc3c(c2)c2ccccc2n3-c2ccccc2)cc1.c1ccc(N(c2ccc3c(c2)c2ccccc2n3-c2ccccc2)c2cccc3c(-c4ccccc4-c4ccccn4)c4ccccc4c(-c4ccccc4-c4ccccn4)c23)cc1. The maximum atomic E-state index is 4.92. The van der Waals surface area contributed by atoms with Crippen LogP contribution in [0.1, 0.15) is 0 Å². The van der Waals surface area contributed by atoms with E-state index >= 15 is 0 Å². The van der Waals surface area contributed by atoms with Gasteiger partial charge in [0.05, 0.1) is 50.5 Å². The number of hydrogen-bond donors (Lipinski definition) is 0. The van der Waals surface area contributed by atoms with Crippen molar-refractivity contribution in [1.29, 1.82) is 0 Å². The van der Waals surface area contributed by atoms with E-state index in [4.69, 9.17) is 19.9 Å². The molecule has 0 saturated heterocycles. The number of para-hydroxylation sites is 6. The Morgan fingerprint density at radius 1 is 0.164 bits per heavy atom. The van der Waals surface area contributed by atoms with Gasteiger partial charge in [-0.25, -0.2) is 0 Å². The molecule has 8 heteroatoms. The first-order valence-corrected chi connectivity index (χ1v) is 43.5. The average Bonchev–Trinajstić information content (AvgIpc) is 0.946. The molecule has 0 radical (unpaired) electrons. The van der Waals surface area contributed by atoms with Crippen molar-refractivity contribution >= 4 is 121 Å². The van der Waals surface area contributed by atoms with Gasteiger partial charge in [-0.05, 0) is 240 Å². The van der Waals surface area contributed by atoms with Crippen molar-refractivity contribution in [3.63, 3.8) is 0 Å². The number of benzene rings is 18. The predicted octanol–water partition coefficient (Wildman–Crippen LogP) is 32.0. The Morgan fingerprint density at radius 2 is 0.445 bits per heavy atom. The predicted molar refractivity (Wildman–Crippen MR) is 536 cm³/mol. The van der Waals surface area contributed by atoms with Crippen LogP contribution in [0.5, 0.6) is 0 Å². The summed E-state index contributed by atoms with van der Waals surface area (Å²) in [4.78, 5) is 24.4. The van der Waals surface area contributed by atoms with Gasteiger partial charge in [-0.1, -0.05) is 297 Å². The molecule has 0 aliphatic carbocycles. The average molecular weight is 1630 g/mol. The summed E-state index contributed by atoms with van der Waals surface area (Å²) in [6, 6.07) is 165. The molecule has 0 aliphatic rings. The fourth-order valence-electron chi connectivity index (χ4n) is 19.6. The van der Waals surface area contributed by atoms with Crippen molar-refractivity contribution in [2.45, 2.75) is 0 Å². The van der Waals surface area contributed by atoms with Crippen LogP contribution in [0.25, 0.3) is 188 Å². The Morgan fingerprint density at radius 3 is 0.852 bits per heavy atom. The Hall–Kier alpha value is -17.2.